The Bertz CT molecular complexity index is 477. The fourth-order valence-electron chi connectivity index (χ4n) is 2.36. The van der Waals surface area contributed by atoms with E-state index in [-0.39, 0.29) is 5.91 Å². The van der Waals surface area contributed by atoms with Crippen LogP contribution in [0, 0.1) is 5.92 Å². The third-order valence-electron chi connectivity index (χ3n) is 3.16. The van der Waals surface area contributed by atoms with Gasteiger partial charge in [0.15, 0.2) is 0 Å². The fraction of sp³-hybridized carbons (Fsp3) is 0.400. The van der Waals surface area contributed by atoms with E-state index >= 15 is 0 Å². The molecule has 3 nitrogen and oxygen atoms in total. The van der Waals surface area contributed by atoms with Crippen LogP contribution in [0.15, 0.2) is 29.8 Å². The van der Waals surface area contributed by atoms with Crippen molar-refractivity contribution in [2.24, 2.45) is 11.7 Å². The lowest BCUT2D eigenvalue weighted by Gasteiger charge is -2.26. The number of amides is 1. The topological polar surface area (TPSA) is 46.3 Å². The van der Waals surface area contributed by atoms with Crippen LogP contribution in [0.2, 0.25) is 0 Å². The molecule has 0 bridgehead atoms. The van der Waals surface area contributed by atoms with Crippen molar-refractivity contribution >= 4 is 17.7 Å². The van der Waals surface area contributed by atoms with Crippen molar-refractivity contribution in [3.63, 3.8) is 0 Å². The van der Waals surface area contributed by atoms with Gasteiger partial charge in [0.2, 0.25) is 5.91 Å². The van der Waals surface area contributed by atoms with Gasteiger partial charge in [0.25, 0.3) is 0 Å². The number of rotatable bonds is 3. The number of fused-ring (bicyclic) bond motifs is 1. The summed E-state index contributed by atoms with van der Waals surface area (Å²) in [5.74, 6) is 0.282. The number of primary amides is 1. The first-order valence-electron chi connectivity index (χ1n) is 6.42. The van der Waals surface area contributed by atoms with Crippen LogP contribution < -0.4 is 10.6 Å². The van der Waals surface area contributed by atoms with Gasteiger partial charge in [-0.15, -0.1) is 0 Å². The molecular formula is C15H20N2O. The maximum absolute atomic E-state index is 11.4. The number of nitrogens with zero attached hydrogens (tertiary/aromatic N) is 1. The Labute approximate surface area is 108 Å². The van der Waals surface area contributed by atoms with Crippen molar-refractivity contribution in [2.75, 3.05) is 18.0 Å². The Balaban J connectivity index is 2.37. The normalized spacial score (nSPS) is 15.1. The lowest BCUT2D eigenvalue weighted by molar-refractivity contribution is -0.114. The largest absolute Gasteiger partial charge is 0.370 e. The second-order valence-corrected chi connectivity index (χ2v) is 5.18. The minimum Gasteiger partial charge on any atom is -0.370 e. The van der Waals surface area contributed by atoms with Gasteiger partial charge in [-0.2, -0.15) is 0 Å². The summed E-state index contributed by atoms with van der Waals surface area (Å²) in [6, 6.07) is 8.18. The third-order valence-corrected chi connectivity index (χ3v) is 3.16. The average molecular weight is 244 g/mol. The zero-order chi connectivity index (χ0) is 13.1. The number of hydrogen-bond acceptors (Lipinski definition) is 2. The molecule has 0 fully saturated rings. The second-order valence-electron chi connectivity index (χ2n) is 5.18. The van der Waals surface area contributed by atoms with Gasteiger partial charge in [0, 0.05) is 24.4 Å². The monoisotopic (exact) mass is 244 g/mol. The fourth-order valence-corrected chi connectivity index (χ4v) is 2.36. The molecule has 1 heterocycles. The molecule has 0 saturated heterocycles. The molecule has 1 amide bonds. The van der Waals surface area contributed by atoms with Crippen LogP contribution in [0.5, 0.6) is 0 Å². The van der Waals surface area contributed by atoms with Crippen LogP contribution in [0.3, 0.4) is 0 Å². The molecule has 3 heteroatoms. The molecule has 1 aliphatic heterocycles. The highest BCUT2D eigenvalue weighted by molar-refractivity contribution is 5.98. The number of carbonyl (C=O) groups is 1. The highest BCUT2D eigenvalue weighted by atomic mass is 16.1. The number of carbonyl (C=O) groups excluding carboxylic acids is 1. The summed E-state index contributed by atoms with van der Waals surface area (Å²) in [6.45, 7) is 6.26. The van der Waals surface area contributed by atoms with E-state index in [1.807, 2.05) is 24.3 Å². The Morgan fingerprint density at radius 1 is 1.39 bits per heavy atom. The summed E-state index contributed by atoms with van der Waals surface area (Å²) < 4.78 is 0. The van der Waals surface area contributed by atoms with Crippen LogP contribution in [0.1, 0.15) is 25.8 Å². The summed E-state index contributed by atoms with van der Waals surface area (Å²) in [5, 5.41) is 0. The van der Waals surface area contributed by atoms with Gasteiger partial charge in [-0.25, -0.2) is 0 Å². The summed E-state index contributed by atoms with van der Waals surface area (Å²) >= 11 is 0. The van der Waals surface area contributed by atoms with Crippen LogP contribution in [0.25, 0.3) is 6.08 Å². The van der Waals surface area contributed by atoms with Gasteiger partial charge < -0.3 is 10.6 Å². The zero-order valence-corrected chi connectivity index (χ0v) is 11.0. The summed E-state index contributed by atoms with van der Waals surface area (Å²) in [5.41, 5.74) is 8.42. The Morgan fingerprint density at radius 3 is 2.78 bits per heavy atom. The van der Waals surface area contributed by atoms with Gasteiger partial charge in [-0.05, 0) is 30.0 Å². The molecule has 1 aromatic rings. The molecule has 0 atom stereocenters. The number of anilines is 1. The van der Waals surface area contributed by atoms with Crippen LogP contribution in [-0.2, 0) is 4.79 Å². The molecule has 1 aromatic carbocycles. The van der Waals surface area contributed by atoms with E-state index in [9.17, 15) is 4.79 Å². The van der Waals surface area contributed by atoms with E-state index < -0.39 is 0 Å². The predicted molar refractivity (Wildman–Crippen MR) is 75.3 cm³/mol. The van der Waals surface area contributed by atoms with Crippen LogP contribution in [-0.4, -0.2) is 19.0 Å². The maximum atomic E-state index is 11.4. The second kappa shape index (κ2) is 5.25. The Kier molecular flexibility index (Phi) is 3.70. The molecule has 0 radical (unpaired) electrons. The van der Waals surface area contributed by atoms with Crippen LogP contribution >= 0.6 is 0 Å². The molecule has 0 saturated carbocycles. The quantitative estimate of drug-likeness (QED) is 0.887. The number of para-hydroxylation sites is 1. The first-order valence-corrected chi connectivity index (χ1v) is 6.42. The molecule has 0 unspecified atom stereocenters. The lowest BCUT2D eigenvalue weighted by atomic mass is 10.1. The summed E-state index contributed by atoms with van der Waals surface area (Å²) in [7, 11) is 0. The molecule has 0 aromatic heterocycles. The average Bonchev–Trinajstić information content (AvgIpc) is 2.49. The number of nitrogens with two attached hydrogens (primary N) is 1. The molecule has 2 rings (SSSR count). The molecular weight excluding hydrogens is 224 g/mol. The van der Waals surface area contributed by atoms with E-state index in [4.69, 9.17) is 5.73 Å². The van der Waals surface area contributed by atoms with Crippen molar-refractivity contribution < 1.29 is 4.79 Å². The Hall–Kier alpha value is -1.77. The van der Waals surface area contributed by atoms with E-state index in [1.165, 1.54) is 5.69 Å². The van der Waals surface area contributed by atoms with Crippen molar-refractivity contribution in [3.8, 4) is 0 Å². The minimum absolute atomic E-state index is 0.309. The summed E-state index contributed by atoms with van der Waals surface area (Å²) in [4.78, 5) is 13.7. The van der Waals surface area contributed by atoms with Crippen molar-refractivity contribution in [1.29, 1.82) is 0 Å². The lowest BCUT2D eigenvalue weighted by Crippen LogP contribution is -2.29. The van der Waals surface area contributed by atoms with Gasteiger partial charge in [0.1, 0.15) is 0 Å². The smallest absolute Gasteiger partial charge is 0.244 e. The van der Waals surface area contributed by atoms with E-state index in [2.05, 4.69) is 24.8 Å². The van der Waals surface area contributed by atoms with Gasteiger partial charge in [-0.3, -0.25) is 4.79 Å². The zero-order valence-electron chi connectivity index (χ0n) is 11.0. The number of benzene rings is 1. The SMILES string of the molecule is CC(C)CN1CCC(C(N)=O)=Cc2ccccc21. The molecule has 0 aliphatic carbocycles. The van der Waals surface area contributed by atoms with Crippen molar-refractivity contribution in [3.05, 3.63) is 35.4 Å². The maximum Gasteiger partial charge on any atom is 0.244 e. The molecule has 96 valence electrons. The van der Waals surface area contributed by atoms with Gasteiger partial charge in [-0.1, -0.05) is 32.0 Å². The van der Waals surface area contributed by atoms with Crippen molar-refractivity contribution in [1.82, 2.24) is 0 Å². The minimum atomic E-state index is -0.309. The molecule has 0 spiro atoms. The van der Waals surface area contributed by atoms with E-state index in [0.29, 0.717) is 11.5 Å². The first kappa shape index (κ1) is 12.7. The molecule has 18 heavy (non-hydrogen) atoms. The number of hydrogen-bond donors (Lipinski definition) is 1. The van der Waals surface area contributed by atoms with Crippen molar-refractivity contribution in [2.45, 2.75) is 20.3 Å². The Morgan fingerprint density at radius 2 is 2.11 bits per heavy atom. The van der Waals surface area contributed by atoms with Crippen LogP contribution in [0.4, 0.5) is 5.69 Å². The van der Waals surface area contributed by atoms with Gasteiger partial charge in [0.05, 0.1) is 0 Å². The van der Waals surface area contributed by atoms with Gasteiger partial charge >= 0.3 is 0 Å². The molecule has 2 N–H and O–H groups in total. The molecule has 1 aliphatic rings. The van der Waals surface area contributed by atoms with E-state index in [0.717, 1.165) is 25.1 Å². The van der Waals surface area contributed by atoms with E-state index in [1.54, 1.807) is 0 Å². The third kappa shape index (κ3) is 2.73. The highest BCUT2D eigenvalue weighted by Gasteiger charge is 2.18. The highest BCUT2D eigenvalue weighted by Crippen LogP contribution is 2.28. The predicted octanol–water partition coefficient (Wildman–Crippen LogP) is 2.42. The summed E-state index contributed by atoms with van der Waals surface area (Å²) in [6.07, 6.45) is 2.65. The first-order chi connectivity index (χ1) is 8.58. The standard InChI is InChI=1S/C15H20N2O/c1-11(2)10-17-8-7-13(15(16)18)9-12-5-3-4-6-14(12)17/h3-6,9,11H,7-8,10H2,1-2H3,(H2,16,18).